The zero-order chi connectivity index (χ0) is 13.2. The summed E-state index contributed by atoms with van der Waals surface area (Å²) in [7, 11) is 1.39. The van der Waals surface area contributed by atoms with Gasteiger partial charge < -0.3 is 14.8 Å². The fourth-order valence-corrected chi connectivity index (χ4v) is 2.86. The second kappa shape index (κ2) is 5.10. The number of thiophene rings is 1. The zero-order valence-corrected chi connectivity index (χ0v) is 11.1. The molecule has 3 rings (SSSR count). The molecule has 2 atom stereocenters. The summed E-state index contributed by atoms with van der Waals surface area (Å²) in [5.74, 6) is 0.318. The monoisotopic (exact) mass is 279 g/mol. The van der Waals surface area contributed by atoms with Crippen molar-refractivity contribution in [1.29, 1.82) is 0 Å². The maximum atomic E-state index is 11.4. The summed E-state index contributed by atoms with van der Waals surface area (Å²) in [5.41, 5.74) is 0. The summed E-state index contributed by atoms with van der Waals surface area (Å²) in [5, 5.41) is 5.95. The lowest BCUT2D eigenvalue weighted by Gasteiger charge is -2.12. The van der Waals surface area contributed by atoms with Crippen LogP contribution >= 0.6 is 11.3 Å². The summed E-state index contributed by atoms with van der Waals surface area (Å²) >= 11 is 1.55. The fraction of sp³-hybridized carbons (Fsp3) is 0.417. The highest BCUT2D eigenvalue weighted by Gasteiger charge is 2.31. The molecule has 19 heavy (non-hydrogen) atoms. The van der Waals surface area contributed by atoms with Crippen LogP contribution in [0.3, 0.4) is 0 Å². The van der Waals surface area contributed by atoms with Gasteiger partial charge in [0, 0.05) is 13.0 Å². The van der Waals surface area contributed by atoms with E-state index in [1.165, 1.54) is 13.4 Å². The smallest absolute Gasteiger partial charge is 0.323 e. The Morgan fingerprint density at radius 2 is 2.42 bits per heavy atom. The molecule has 7 heteroatoms. The molecule has 0 radical (unpaired) electrons. The number of hydrogen-bond donors (Lipinski definition) is 1. The maximum absolute atomic E-state index is 11.4. The highest BCUT2D eigenvalue weighted by atomic mass is 32.1. The molecule has 6 nitrogen and oxygen atoms in total. The third kappa shape index (κ3) is 2.39. The summed E-state index contributed by atoms with van der Waals surface area (Å²) in [6.45, 7) is 0.607. The first-order valence-electron chi connectivity index (χ1n) is 5.94. The van der Waals surface area contributed by atoms with Gasteiger partial charge in [-0.15, -0.1) is 11.3 Å². The number of carbonyl (C=O) groups is 1. The molecule has 1 saturated heterocycles. The Labute approximate surface area is 113 Å². The van der Waals surface area contributed by atoms with Crippen LogP contribution in [0.1, 0.15) is 6.42 Å². The van der Waals surface area contributed by atoms with Crippen LogP contribution in [0.5, 0.6) is 5.88 Å². The second-order valence-electron chi connectivity index (χ2n) is 4.28. The van der Waals surface area contributed by atoms with Gasteiger partial charge in [-0.3, -0.25) is 4.79 Å². The van der Waals surface area contributed by atoms with Gasteiger partial charge in [-0.25, -0.2) is 9.97 Å². The van der Waals surface area contributed by atoms with Gasteiger partial charge in [0.05, 0.1) is 12.5 Å². The van der Waals surface area contributed by atoms with E-state index in [1.54, 1.807) is 11.3 Å². The van der Waals surface area contributed by atoms with Crippen LogP contribution in [0.4, 0.5) is 0 Å². The Kier molecular flexibility index (Phi) is 3.31. The number of fused-ring (bicyclic) bond motifs is 1. The standard InChI is InChI=1S/C12H13N3O3S/c1-17-12(16)9-4-7(5-13-9)18-10-8-2-3-19-11(8)15-6-14-10/h2-3,6-7,9,13H,4-5H2,1H3. The third-order valence-electron chi connectivity index (χ3n) is 3.08. The Morgan fingerprint density at radius 3 is 3.26 bits per heavy atom. The minimum Gasteiger partial charge on any atom is -0.472 e. The minimum absolute atomic E-state index is 0.0814. The molecule has 1 N–H and O–H groups in total. The number of methoxy groups -OCH3 is 1. The lowest BCUT2D eigenvalue weighted by molar-refractivity contribution is -0.142. The Bertz CT molecular complexity index is 601. The summed E-state index contributed by atoms with van der Waals surface area (Å²) in [6, 6.07) is 1.64. The van der Waals surface area contributed by atoms with Gasteiger partial charge >= 0.3 is 5.97 Å². The molecule has 1 fully saturated rings. The van der Waals surface area contributed by atoms with E-state index in [4.69, 9.17) is 9.47 Å². The van der Waals surface area contributed by atoms with Crippen molar-refractivity contribution in [3.8, 4) is 5.88 Å². The molecule has 100 valence electrons. The Morgan fingerprint density at radius 1 is 1.53 bits per heavy atom. The van der Waals surface area contributed by atoms with Gasteiger partial charge in [0.25, 0.3) is 0 Å². The number of nitrogens with zero attached hydrogens (tertiary/aromatic N) is 2. The van der Waals surface area contributed by atoms with Crippen LogP contribution in [-0.4, -0.2) is 41.7 Å². The summed E-state index contributed by atoms with van der Waals surface area (Å²) in [6.07, 6.45) is 2.00. The zero-order valence-electron chi connectivity index (χ0n) is 10.3. The number of carbonyl (C=O) groups excluding carboxylic acids is 1. The lowest BCUT2D eigenvalue weighted by Crippen LogP contribution is -2.31. The minimum atomic E-state index is -0.296. The number of esters is 1. The summed E-state index contributed by atoms with van der Waals surface area (Å²) < 4.78 is 10.6. The van der Waals surface area contributed by atoms with E-state index < -0.39 is 0 Å². The average Bonchev–Trinajstić information content (AvgIpc) is 3.07. The Balaban J connectivity index is 1.73. The molecule has 0 aromatic carbocycles. The van der Waals surface area contributed by atoms with Crippen LogP contribution in [0.15, 0.2) is 17.8 Å². The molecule has 0 spiro atoms. The van der Waals surface area contributed by atoms with Crippen LogP contribution in [-0.2, 0) is 9.53 Å². The maximum Gasteiger partial charge on any atom is 0.323 e. The van der Waals surface area contributed by atoms with Gasteiger partial charge in [-0.1, -0.05) is 0 Å². The fourth-order valence-electron chi connectivity index (χ4n) is 2.13. The number of rotatable bonds is 3. The summed E-state index contributed by atoms with van der Waals surface area (Å²) in [4.78, 5) is 20.7. The predicted molar refractivity (Wildman–Crippen MR) is 70.3 cm³/mol. The van der Waals surface area contributed by atoms with E-state index in [-0.39, 0.29) is 18.1 Å². The first-order chi connectivity index (χ1) is 9.28. The first-order valence-corrected chi connectivity index (χ1v) is 6.82. The lowest BCUT2D eigenvalue weighted by atomic mass is 10.2. The highest BCUT2D eigenvalue weighted by Crippen LogP contribution is 2.27. The topological polar surface area (TPSA) is 73.3 Å². The van der Waals surface area contributed by atoms with Crippen molar-refractivity contribution in [2.75, 3.05) is 13.7 Å². The van der Waals surface area contributed by atoms with E-state index in [2.05, 4.69) is 15.3 Å². The molecule has 0 saturated carbocycles. The molecule has 2 unspecified atom stereocenters. The normalized spacial score (nSPS) is 22.6. The average molecular weight is 279 g/mol. The van der Waals surface area contributed by atoms with Crippen molar-refractivity contribution in [3.05, 3.63) is 17.8 Å². The molecule has 3 heterocycles. The predicted octanol–water partition coefficient (Wildman–Crippen LogP) is 0.974. The van der Waals surface area contributed by atoms with Crippen LogP contribution in [0.25, 0.3) is 10.2 Å². The molecular weight excluding hydrogens is 266 g/mol. The molecule has 1 aliphatic heterocycles. The molecule has 0 bridgehead atoms. The molecule has 0 aliphatic carbocycles. The van der Waals surface area contributed by atoms with Crippen molar-refractivity contribution in [2.24, 2.45) is 0 Å². The highest BCUT2D eigenvalue weighted by molar-refractivity contribution is 7.16. The van der Waals surface area contributed by atoms with Crippen molar-refractivity contribution in [1.82, 2.24) is 15.3 Å². The molecular formula is C12H13N3O3S. The second-order valence-corrected chi connectivity index (χ2v) is 5.17. The molecule has 2 aromatic heterocycles. The van der Waals surface area contributed by atoms with Gasteiger partial charge in [0.2, 0.25) is 5.88 Å². The van der Waals surface area contributed by atoms with E-state index in [0.717, 1.165) is 10.2 Å². The van der Waals surface area contributed by atoms with E-state index in [1.807, 2.05) is 11.4 Å². The van der Waals surface area contributed by atoms with Crippen molar-refractivity contribution >= 4 is 27.5 Å². The molecule has 2 aromatic rings. The van der Waals surface area contributed by atoms with Gasteiger partial charge in [0.1, 0.15) is 23.3 Å². The Hall–Kier alpha value is -1.73. The molecule has 1 aliphatic rings. The molecule has 0 amide bonds. The van der Waals surface area contributed by atoms with Crippen molar-refractivity contribution in [2.45, 2.75) is 18.6 Å². The first kappa shape index (κ1) is 12.3. The number of ether oxygens (including phenoxy) is 2. The number of nitrogens with one attached hydrogen (secondary N) is 1. The van der Waals surface area contributed by atoms with Gasteiger partial charge in [-0.2, -0.15) is 0 Å². The number of hydrogen-bond acceptors (Lipinski definition) is 7. The van der Waals surface area contributed by atoms with E-state index in [0.29, 0.717) is 18.8 Å². The third-order valence-corrected chi connectivity index (χ3v) is 3.90. The van der Waals surface area contributed by atoms with E-state index in [9.17, 15) is 4.79 Å². The van der Waals surface area contributed by atoms with Crippen LogP contribution in [0.2, 0.25) is 0 Å². The van der Waals surface area contributed by atoms with Gasteiger partial charge in [0.15, 0.2) is 0 Å². The largest absolute Gasteiger partial charge is 0.472 e. The quantitative estimate of drug-likeness (QED) is 0.844. The van der Waals surface area contributed by atoms with Crippen molar-refractivity contribution < 1.29 is 14.3 Å². The van der Waals surface area contributed by atoms with Crippen LogP contribution < -0.4 is 10.1 Å². The van der Waals surface area contributed by atoms with Gasteiger partial charge in [-0.05, 0) is 11.4 Å². The number of aromatic nitrogens is 2. The van der Waals surface area contributed by atoms with Crippen LogP contribution in [0, 0.1) is 0 Å². The van der Waals surface area contributed by atoms with E-state index >= 15 is 0 Å². The SMILES string of the molecule is COC(=O)C1CC(Oc2ncnc3sccc23)CN1. The van der Waals surface area contributed by atoms with Crippen molar-refractivity contribution in [3.63, 3.8) is 0 Å².